The second-order valence-electron chi connectivity index (χ2n) is 2.26. The molecule has 1 aliphatic heterocycles. The minimum absolute atomic E-state index is 0. The maximum Gasteiger partial charge on any atom is 0.394 e. The van der Waals surface area contributed by atoms with E-state index in [-0.39, 0.29) is 12.4 Å². The van der Waals surface area contributed by atoms with Crippen LogP contribution in [0.2, 0.25) is 0 Å². The largest absolute Gasteiger partial charge is 0.394 e. The summed E-state index contributed by atoms with van der Waals surface area (Å²) >= 11 is 0. The summed E-state index contributed by atoms with van der Waals surface area (Å²) in [6, 6.07) is 0. The minimum atomic E-state index is -4.67. The molecule has 1 fully saturated rings. The van der Waals surface area contributed by atoms with Crippen LogP contribution < -0.4 is 5.32 Å². The lowest BCUT2D eigenvalue weighted by atomic mass is 10.2. The van der Waals surface area contributed by atoms with Crippen molar-refractivity contribution in [2.24, 2.45) is 0 Å². The average Bonchev–Trinajstić information content (AvgIpc) is 1.88. The molecule has 0 bridgehead atoms. The van der Waals surface area contributed by atoms with Crippen molar-refractivity contribution in [3.8, 4) is 0 Å². The molecule has 0 aliphatic carbocycles. The van der Waals surface area contributed by atoms with Crippen molar-refractivity contribution in [3.63, 3.8) is 0 Å². The van der Waals surface area contributed by atoms with Gasteiger partial charge in [-0.2, -0.15) is 8.42 Å². The molecule has 1 saturated heterocycles. The summed E-state index contributed by atoms with van der Waals surface area (Å²) in [5.41, 5.74) is 0. The van der Waals surface area contributed by atoms with E-state index in [2.05, 4.69) is 5.32 Å². The molecule has 0 atom stereocenters. The van der Waals surface area contributed by atoms with E-state index in [0.717, 1.165) is 0 Å². The Morgan fingerprint density at radius 2 is 1.33 bits per heavy atom. The zero-order chi connectivity index (χ0) is 8.74. The van der Waals surface area contributed by atoms with Crippen molar-refractivity contribution in [3.05, 3.63) is 0 Å². The zero-order valence-electron chi connectivity index (χ0n) is 6.56. The molecule has 0 spiro atoms. The van der Waals surface area contributed by atoms with Crippen LogP contribution in [0.4, 0.5) is 0 Å². The number of piperidine rings is 1. The van der Waals surface area contributed by atoms with Gasteiger partial charge in [0.25, 0.3) is 0 Å². The van der Waals surface area contributed by atoms with E-state index in [1.807, 2.05) is 0 Å². The highest BCUT2D eigenvalue weighted by Crippen LogP contribution is 1.96. The third kappa shape index (κ3) is 22.5. The molecule has 1 rings (SSSR count). The van der Waals surface area contributed by atoms with Gasteiger partial charge in [0, 0.05) is 0 Å². The van der Waals surface area contributed by atoms with E-state index in [1.165, 1.54) is 32.4 Å². The molecule has 0 aromatic heterocycles. The zero-order valence-corrected chi connectivity index (χ0v) is 8.20. The van der Waals surface area contributed by atoms with Gasteiger partial charge in [0.15, 0.2) is 0 Å². The van der Waals surface area contributed by atoms with Crippen LogP contribution in [0, 0.1) is 0 Å². The normalized spacial score (nSPS) is 16.8. The van der Waals surface area contributed by atoms with Gasteiger partial charge in [0.2, 0.25) is 0 Å². The highest BCUT2D eigenvalue weighted by molar-refractivity contribution is 7.79. The minimum Gasteiger partial charge on any atom is -0.317 e. The van der Waals surface area contributed by atoms with Crippen LogP contribution in [0.15, 0.2) is 0 Å². The van der Waals surface area contributed by atoms with Crippen molar-refractivity contribution < 1.29 is 17.5 Å². The lowest BCUT2D eigenvalue weighted by Gasteiger charge is -2.08. The predicted octanol–water partition coefficient (Wildman–Crippen LogP) is 0.529. The van der Waals surface area contributed by atoms with Gasteiger partial charge in [0.05, 0.1) is 0 Å². The van der Waals surface area contributed by atoms with Crippen molar-refractivity contribution in [2.45, 2.75) is 19.3 Å². The Balaban J connectivity index is 0. The molecule has 0 radical (unpaired) electrons. The van der Waals surface area contributed by atoms with Crippen LogP contribution >= 0.6 is 12.4 Å². The van der Waals surface area contributed by atoms with Crippen LogP contribution in [0.1, 0.15) is 19.3 Å². The van der Waals surface area contributed by atoms with Crippen molar-refractivity contribution in [1.82, 2.24) is 5.32 Å². The maximum atomic E-state index is 8.74. The van der Waals surface area contributed by atoms with Crippen molar-refractivity contribution in [1.29, 1.82) is 0 Å². The molecule has 0 aromatic carbocycles. The first-order valence-corrected chi connectivity index (χ1v) is 4.80. The van der Waals surface area contributed by atoms with E-state index in [1.54, 1.807) is 0 Å². The highest BCUT2D eigenvalue weighted by atomic mass is 35.5. The van der Waals surface area contributed by atoms with E-state index >= 15 is 0 Å². The topological polar surface area (TPSA) is 86.6 Å². The van der Waals surface area contributed by atoms with E-state index in [4.69, 9.17) is 17.5 Å². The first-order valence-electron chi connectivity index (χ1n) is 3.41. The molecular weight excluding hydrogens is 206 g/mol. The molecule has 7 heteroatoms. The van der Waals surface area contributed by atoms with Gasteiger partial charge in [-0.25, -0.2) is 0 Å². The molecular formula is C5H14ClNO4S. The van der Waals surface area contributed by atoms with Gasteiger partial charge in [0.1, 0.15) is 0 Å². The maximum absolute atomic E-state index is 8.74. The third-order valence-electron chi connectivity index (χ3n) is 1.21. The van der Waals surface area contributed by atoms with Crippen LogP contribution in [0.25, 0.3) is 0 Å². The Kier molecular flexibility index (Phi) is 9.45. The van der Waals surface area contributed by atoms with E-state index in [9.17, 15) is 0 Å². The number of nitrogens with one attached hydrogen (secondary N) is 1. The van der Waals surface area contributed by atoms with E-state index in [0.29, 0.717) is 0 Å². The Morgan fingerprint density at radius 1 is 1.00 bits per heavy atom. The van der Waals surface area contributed by atoms with E-state index < -0.39 is 10.4 Å². The molecule has 0 unspecified atom stereocenters. The summed E-state index contributed by atoms with van der Waals surface area (Å²) < 4.78 is 31.6. The molecule has 12 heavy (non-hydrogen) atoms. The number of rotatable bonds is 0. The molecule has 1 aliphatic rings. The highest BCUT2D eigenvalue weighted by Gasteiger charge is 1.93. The lowest BCUT2D eigenvalue weighted by Crippen LogP contribution is -2.21. The number of hydrogen-bond acceptors (Lipinski definition) is 3. The SMILES string of the molecule is C1CCNCC1.Cl.O=S(=O)(O)O. The monoisotopic (exact) mass is 219 g/mol. The van der Waals surface area contributed by atoms with Crippen LogP contribution in [-0.2, 0) is 10.4 Å². The average molecular weight is 220 g/mol. The van der Waals surface area contributed by atoms with Gasteiger partial charge in [-0.1, -0.05) is 6.42 Å². The van der Waals surface area contributed by atoms with Gasteiger partial charge >= 0.3 is 10.4 Å². The van der Waals surface area contributed by atoms with Crippen LogP contribution in [0.5, 0.6) is 0 Å². The molecule has 76 valence electrons. The second-order valence-corrected chi connectivity index (χ2v) is 3.15. The van der Waals surface area contributed by atoms with Crippen LogP contribution in [-0.4, -0.2) is 30.6 Å². The second kappa shape index (κ2) is 7.75. The van der Waals surface area contributed by atoms with Gasteiger partial charge < -0.3 is 5.32 Å². The summed E-state index contributed by atoms with van der Waals surface area (Å²) in [7, 11) is -4.67. The Bertz CT molecular complexity index is 158. The summed E-state index contributed by atoms with van der Waals surface area (Å²) in [5, 5.41) is 3.28. The van der Waals surface area contributed by atoms with Gasteiger partial charge in [-0.15, -0.1) is 12.4 Å². The summed E-state index contributed by atoms with van der Waals surface area (Å²) in [6.07, 6.45) is 4.22. The quantitative estimate of drug-likeness (QED) is 0.518. The lowest BCUT2D eigenvalue weighted by molar-refractivity contribution is 0.381. The fourth-order valence-corrected chi connectivity index (χ4v) is 0.802. The standard InChI is InChI=1S/C5H11N.ClH.H2O4S/c1-2-4-6-5-3-1;;1-5(2,3)4/h6H,1-5H2;1H;(H2,1,2,3,4). The first-order chi connectivity index (χ1) is 5.00. The molecule has 5 nitrogen and oxygen atoms in total. The van der Waals surface area contributed by atoms with Crippen molar-refractivity contribution in [2.75, 3.05) is 13.1 Å². The Labute approximate surface area is 78.5 Å². The van der Waals surface area contributed by atoms with Gasteiger partial charge in [-0.05, 0) is 25.9 Å². The Hall–Kier alpha value is 0.120. The third-order valence-corrected chi connectivity index (χ3v) is 1.21. The summed E-state index contributed by atoms with van der Waals surface area (Å²) in [4.78, 5) is 0. The van der Waals surface area contributed by atoms with Crippen LogP contribution in [0.3, 0.4) is 0 Å². The van der Waals surface area contributed by atoms with Crippen molar-refractivity contribution >= 4 is 22.8 Å². The molecule has 0 saturated carbocycles. The predicted molar refractivity (Wildman–Crippen MR) is 48.1 cm³/mol. The molecule has 0 amide bonds. The molecule has 1 heterocycles. The Morgan fingerprint density at radius 3 is 1.42 bits per heavy atom. The fraction of sp³-hybridized carbons (Fsp3) is 1.00. The smallest absolute Gasteiger partial charge is 0.317 e. The summed E-state index contributed by atoms with van der Waals surface area (Å²) in [5.74, 6) is 0. The van der Waals surface area contributed by atoms with Gasteiger partial charge in [-0.3, -0.25) is 9.11 Å². The summed E-state index contributed by atoms with van der Waals surface area (Å²) in [6.45, 7) is 2.50. The fourth-order valence-electron chi connectivity index (χ4n) is 0.802. The number of halogens is 1. The first kappa shape index (κ1) is 14.6. The molecule has 3 N–H and O–H groups in total. The molecule has 0 aromatic rings. The number of hydrogen-bond donors (Lipinski definition) is 3.